The van der Waals surface area contributed by atoms with Gasteiger partial charge in [-0.2, -0.15) is 0 Å². The monoisotopic (exact) mass is 577 g/mol. The molecular weight excluding hydrogens is 540 g/mol. The number of aliphatic hydroxyl groups excluding tert-OH is 1. The van der Waals surface area contributed by atoms with E-state index in [1.54, 1.807) is 24.3 Å². The highest BCUT2D eigenvalue weighted by Crippen LogP contribution is 2.54. The number of hydrogen-bond acceptors (Lipinski definition) is 7. The van der Waals surface area contributed by atoms with E-state index in [1.165, 1.54) is 12.8 Å². The Morgan fingerprint density at radius 3 is 2.33 bits per heavy atom. The van der Waals surface area contributed by atoms with Crippen LogP contribution >= 0.6 is 0 Å². The third-order valence-corrected chi connectivity index (χ3v) is 9.50. The summed E-state index contributed by atoms with van der Waals surface area (Å²) in [7, 11) is -3.69. The van der Waals surface area contributed by atoms with E-state index in [-0.39, 0.29) is 38.3 Å². The number of carbonyl (C=O) groups excluding carboxylic acids is 1. The van der Waals surface area contributed by atoms with Gasteiger partial charge >= 0.3 is 0 Å². The minimum Gasteiger partial charge on any atom is -0.395 e. The molecule has 2 saturated heterocycles. The quantitative estimate of drug-likeness (QED) is 0.414. The van der Waals surface area contributed by atoms with Crippen molar-refractivity contribution in [3.63, 3.8) is 0 Å². The van der Waals surface area contributed by atoms with E-state index >= 15 is 0 Å². The molecule has 0 unspecified atom stereocenters. The summed E-state index contributed by atoms with van der Waals surface area (Å²) in [6.45, 7) is 3.46. The van der Waals surface area contributed by atoms with Gasteiger partial charge in [-0.15, -0.1) is 0 Å². The van der Waals surface area contributed by atoms with E-state index < -0.39 is 28.3 Å². The number of aromatic nitrogens is 1. The van der Waals surface area contributed by atoms with E-state index in [0.717, 1.165) is 42.7 Å². The first kappa shape index (κ1) is 28.5. The zero-order valence-corrected chi connectivity index (χ0v) is 23.6. The van der Waals surface area contributed by atoms with E-state index in [1.807, 2.05) is 17.9 Å². The van der Waals surface area contributed by atoms with Gasteiger partial charge < -0.3 is 20.2 Å². The second-order valence-electron chi connectivity index (χ2n) is 11.4. The number of hydrogen-bond donors (Lipinski definition) is 3. The molecule has 1 aliphatic carbocycles. The van der Waals surface area contributed by atoms with Gasteiger partial charge in [0.1, 0.15) is 11.6 Å². The average molecular weight is 578 g/mol. The van der Waals surface area contributed by atoms with Crippen LogP contribution in [0.3, 0.4) is 0 Å². The van der Waals surface area contributed by atoms with Gasteiger partial charge in [0, 0.05) is 44.7 Å². The maximum absolute atomic E-state index is 13.6. The Bertz CT molecular complexity index is 1350. The maximum Gasteiger partial charge on any atom is 0.251 e. The lowest BCUT2D eigenvalue weighted by Crippen LogP contribution is -2.39. The van der Waals surface area contributed by atoms with Crippen molar-refractivity contribution in [1.29, 1.82) is 0 Å². The number of aliphatic hydroxyl groups is 1. The number of sulfonamides is 1. The van der Waals surface area contributed by atoms with Crippen molar-refractivity contribution in [2.24, 2.45) is 5.41 Å². The molecule has 1 amide bonds. The summed E-state index contributed by atoms with van der Waals surface area (Å²) in [6, 6.07) is 8.73. The molecule has 3 heterocycles. The van der Waals surface area contributed by atoms with Crippen molar-refractivity contribution in [3.05, 3.63) is 41.5 Å². The lowest BCUT2D eigenvalue weighted by molar-refractivity contribution is -0.115. The van der Waals surface area contributed by atoms with Gasteiger partial charge in [-0.3, -0.25) is 9.52 Å². The fourth-order valence-corrected chi connectivity index (χ4v) is 6.45. The zero-order valence-electron chi connectivity index (χ0n) is 22.8. The molecule has 0 atom stereocenters. The predicted molar refractivity (Wildman–Crippen MR) is 152 cm³/mol. The number of piperidine rings is 2. The minimum absolute atomic E-state index is 0.0571. The van der Waals surface area contributed by atoms with E-state index in [0.29, 0.717) is 22.7 Å². The number of benzene rings is 1. The van der Waals surface area contributed by atoms with Crippen molar-refractivity contribution >= 4 is 38.9 Å². The molecule has 12 heteroatoms. The Balaban J connectivity index is 1.32. The molecule has 0 radical (unpaired) electrons. The number of halogens is 2. The SMILES string of the molecule is Cc1cc(NC(=O)Cc2ccc(NS(=O)(=O)CCO)cc2N2CCC3(CC2)CC3)nc(N2CCC(F)(F)CC2)c1. The van der Waals surface area contributed by atoms with Gasteiger partial charge in [-0.25, -0.2) is 22.2 Å². The Morgan fingerprint density at radius 2 is 1.68 bits per heavy atom. The van der Waals surface area contributed by atoms with Crippen molar-refractivity contribution in [3.8, 4) is 0 Å². The lowest BCUT2D eigenvalue weighted by atomic mass is 9.92. The van der Waals surface area contributed by atoms with E-state index in [4.69, 9.17) is 5.11 Å². The second-order valence-corrected chi connectivity index (χ2v) is 13.3. The fraction of sp³-hybridized carbons (Fsp3) is 0.571. The summed E-state index contributed by atoms with van der Waals surface area (Å²) in [6.07, 6.45) is 4.25. The van der Waals surface area contributed by atoms with Crippen LogP contribution in [0.25, 0.3) is 0 Å². The van der Waals surface area contributed by atoms with Crippen LogP contribution in [-0.4, -0.2) is 68.9 Å². The van der Waals surface area contributed by atoms with E-state index in [2.05, 4.69) is 19.9 Å². The van der Waals surface area contributed by atoms with Crippen molar-refractivity contribution in [1.82, 2.24) is 4.98 Å². The number of amides is 1. The average Bonchev–Trinajstić information content (AvgIpc) is 3.63. The molecule has 3 fully saturated rings. The van der Waals surface area contributed by atoms with Crippen LogP contribution in [0.15, 0.2) is 30.3 Å². The van der Waals surface area contributed by atoms with Crippen molar-refractivity contribution in [2.75, 3.05) is 58.4 Å². The molecule has 2 aliphatic heterocycles. The first-order chi connectivity index (χ1) is 18.9. The molecule has 3 aliphatic rings. The van der Waals surface area contributed by atoms with E-state index in [9.17, 15) is 22.0 Å². The predicted octanol–water partition coefficient (Wildman–Crippen LogP) is 3.92. The van der Waals surface area contributed by atoms with Crippen LogP contribution in [0.5, 0.6) is 0 Å². The molecular formula is C28H37F2N5O4S. The van der Waals surface area contributed by atoms with Crippen LogP contribution < -0.4 is 19.8 Å². The largest absolute Gasteiger partial charge is 0.395 e. The number of anilines is 4. The molecule has 1 spiro atoms. The summed E-state index contributed by atoms with van der Waals surface area (Å²) in [5.74, 6) is -2.41. The number of rotatable bonds is 9. The van der Waals surface area contributed by atoms with Gasteiger partial charge in [-0.1, -0.05) is 6.07 Å². The van der Waals surface area contributed by atoms with Crippen molar-refractivity contribution in [2.45, 2.75) is 57.8 Å². The smallest absolute Gasteiger partial charge is 0.251 e. The normalized spacial score (nSPS) is 19.9. The molecule has 218 valence electrons. The fourth-order valence-electron chi connectivity index (χ4n) is 5.62. The molecule has 9 nitrogen and oxygen atoms in total. The molecule has 5 rings (SSSR count). The lowest BCUT2D eigenvalue weighted by Gasteiger charge is -2.35. The molecule has 1 saturated carbocycles. The Hall–Kier alpha value is -2.99. The molecule has 3 N–H and O–H groups in total. The Kier molecular flexibility index (Phi) is 7.93. The number of nitrogens with one attached hydrogen (secondary N) is 2. The van der Waals surface area contributed by atoms with Gasteiger partial charge in [0.25, 0.3) is 5.92 Å². The Morgan fingerprint density at radius 1 is 1.00 bits per heavy atom. The Labute approximate surface area is 234 Å². The molecule has 2 aromatic rings. The highest BCUT2D eigenvalue weighted by molar-refractivity contribution is 7.92. The maximum atomic E-state index is 13.6. The van der Waals surface area contributed by atoms with Crippen LogP contribution in [0.2, 0.25) is 0 Å². The standard InChI is InChI=1S/C28H37F2N5O4S/c1-20-16-24(31-25(17-20)35-12-8-28(29,30)9-13-35)32-26(37)18-21-2-3-22(33-40(38,39)15-14-36)19-23(21)34-10-6-27(4-5-27)7-11-34/h2-3,16-17,19,33,36H,4-15,18H2,1H3,(H,31,32,37). The topological polar surface area (TPSA) is 115 Å². The third-order valence-electron chi connectivity index (χ3n) is 8.23. The number of carbonyl (C=O) groups is 1. The van der Waals surface area contributed by atoms with Crippen LogP contribution in [0.4, 0.5) is 31.8 Å². The first-order valence-corrected chi connectivity index (χ1v) is 15.5. The van der Waals surface area contributed by atoms with Gasteiger partial charge in [-0.05, 0) is 73.4 Å². The first-order valence-electron chi connectivity index (χ1n) is 13.9. The van der Waals surface area contributed by atoms with Gasteiger partial charge in [0.2, 0.25) is 15.9 Å². The highest BCUT2D eigenvalue weighted by Gasteiger charge is 2.44. The number of nitrogens with zero attached hydrogens (tertiary/aromatic N) is 3. The highest BCUT2D eigenvalue weighted by atomic mass is 32.2. The minimum atomic E-state index is -3.69. The number of pyridine rings is 1. The summed E-state index contributed by atoms with van der Waals surface area (Å²) >= 11 is 0. The second kappa shape index (κ2) is 11.1. The molecule has 1 aromatic carbocycles. The summed E-state index contributed by atoms with van der Waals surface area (Å²) in [5.41, 5.74) is 3.27. The van der Waals surface area contributed by atoms with Crippen molar-refractivity contribution < 1.29 is 27.1 Å². The van der Waals surface area contributed by atoms with Crippen LogP contribution in [0.1, 0.15) is 49.7 Å². The molecule has 40 heavy (non-hydrogen) atoms. The molecule has 0 bridgehead atoms. The third kappa shape index (κ3) is 7.01. The summed E-state index contributed by atoms with van der Waals surface area (Å²) in [4.78, 5) is 21.8. The van der Waals surface area contributed by atoms with Gasteiger partial charge in [0.15, 0.2) is 0 Å². The van der Waals surface area contributed by atoms with Crippen LogP contribution in [-0.2, 0) is 21.2 Å². The number of aryl methyl sites for hydroxylation is 1. The van der Waals surface area contributed by atoms with Gasteiger partial charge in [0.05, 0.1) is 24.5 Å². The summed E-state index contributed by atoms with van der Waals surface area (Å²) < 4.78 is 54.3. The molecule has 1 aromatic heterocycles. The summed E-state index contributed by atoms with van der Waals surface area (Å²) in [5, 5.41) is 11.9. The zero-order chi connectivity index (χ0) is 28.5. The number of alkyl halides is 2. The van der Waals surface area contributed by atoms with Crippen LogP contribution in [0, 0.1) is 12.3 Å².